The molecule has 0 spiro atoms. The molecular formula is C34H36N4O5S2. The van der Waals surface area contributed by atoms with E-state index in [0.29, 0.717) is 43.4 Å². The molecule has 1 aliphatic rings. The first-order valence-electron chi connectivity index (χ1n) is 15.1. The topological polar surface area (TPSA) is 105 Å². The Morgan fingerprint density at radius 3 is 2.07 bits per heavy atom. The number of aromatic nitrogens is 2. The maximum Gasteiger partial charge on any atom is 0.407 e. The number of hydrogen-bond donors (Lipinski definition) is 1. The van der Waals surface area contributed by atoms with E-state index in [1.54, 1.807) is 40.3 Å². The zero-order valence-electron chi connectivity index (χ0n) is 25.0. The number of fused-ring (bicyclic) bond motifs is 1. The molecule has 6 rings (SSSR count). The molecule has 1 aliphatic heterocycles. The maximum atomic E-state index is 14.1. The zero-order chi connectivity index (χ0) is 31.6. The minimum atomic E-state index is -4.12. The SMILES string of the molecule is CCC(C1CC(n2c(=O)n(S(=O)(=O)c3cccs3)c3ccccc32)CCN1C(=O)O)N(Cc1ccccc1)Cc1ccccc1. The van der Waals surface area contributed by atoms with Crippen molar-refractivity contribution in [2.75, 3.05) is 6.54 Å². The Kier molecular flexibility index (Phi) is 8.93. The van der Waals surface area contributed by atoms with E-state index in [1.165, 1.54) is 11.0 Å². The van der Waals surface area contributed by atoms with Gasteiger partial charge < -0.3 is 10.0 Å². The molecule has 0 saturated carbocycles. The summed E-state index contributed by atoms with van der Waals surface area (Å²) in [4.78, 5) is 30.6. The van der Waals surface area contributed by atoms with E-state index in [0.717, 1.165) is 26.4 Å². The number of para-hydroxylation sites is 2. The van der Waals surface area contributed by atoms with Crippen molar-refractivity contribution in [3.63, 3.8) is 0 Å². The van der Waals surface area contributed by atoms with Gasteiger partial charge in [0.25, 0.3) is 10.0 Å². The van der Waals surface area contributed by atoms with Crippen molar-refractivity contribution >= 4 is 38.5 Å². The van der Waals surface area contributed by atoms with Gasteiger partial charge in [-0.25, -0.2) is 9.59 Å². The van der Waals surface area contributed by atoms with Crippen LogP contribution in [0.1, 0.15) is 43.4 Å². The van der Waals surface area contributed by atoms with E-state index in [9.17, 15) is 23.1 Å². The number of amides is 1. The third kappa shape index (κ3) is 6.07. The number of likely N-dealkylation sites (tertiary alicyclic amines) is 1. The van der Waals surface area contributed by atoms with Gasteiger partial charge in [-0.05, 0) is 54.0 Å². The summed E-state index contributed by atoms with van der Waals surface area (Å²) in [5.41, 5.74) is 2.46. The molecule has 3 aromatic carbocycles. The molecule has 3 unspecified atom stereocenters. The van der Waals surface area contributed by atoms with Gasteiger partial charge >= 0.3 is 11.8 Å². The predicted molar refractivity (Wildman–Crippen MR) is 176 cm³/mol. The highest BCUT2D eigenvalue weighted by atomic mass is 32.2. The van der Waals surface area contributed by atoms with Crippen LogP contribution in [0.25, 0.3) is 11.0 Å². The molecule has 2 aromatic heterocycles. The molecule has 9 nitrogen and oxygen atoms in total. The van der Waals surface area contributed by atoms with E-state index in [-0.39, 0.29) is 16.8 Å². The van der Waals surface area contributed by atoms with Crippen LogP contribution in [0.3, 0.4) is 0 Å². The van der Waals surface area contributed by atoms with Crippen LogP contribution in [-0.2, 0) is 23.1 Å². The van der Waals surface area contributed by atoms with Crippen molar-refractivity contribution in [3.8, 4) is 0 Å². The van der Waals surface area contributed by atoms with Crippen molar-refractivity contribution in [1.82, 2.24) is 18.3 Å². The summed E-state index contributed by atoms with van der Waals surface area (Å²) in [5, 5.41) is 12.0. The smallest absolute Gasteiger partial charge is 0.407 e. The summed E-state index contributed by atoms with van der Waals surface area (Å²) >= 11 is 1.07. The molecule has 11 heteroatoms. The molecule has 0 radical (unpaired) electrons. The number of piperidine rings is 1. The summed E-state index contributed by atoms with van der Waals surface area (Å²) in [5.74, 6) is 0. The van der Waals surface area contributed by atoms with Gasteiger partial charge in [-0.15, -0.1) is 11.3 Å². The van der Waals surface area contributed by atoms with Crippen molar-refractivity contribution in [2.24, 2.45) is 0 Å². The van der Waals surface area contributed by atoms with Gasteiger partial charge in [0, 0.05) is 31.7 Å². The monoisotopic (exact) mass is 644 g/mol. The van der Waals surface area contributed by atoms with Crippen LogP contribution in [-0.4, -0.2) is 56.6 Å². The Morgan fingerprint density at radius 2 is 1.51 bits per heavy atom. The lowest BCUT2D eigenvalue weighted by atomic mass is 9.89. The molecule has 234 valence electrons. The van der Waals surface area contributed by atoms with E-state index in [2.05, 4.69) is 36.1 Å². The normalized spacial score (nSPS) is 18.0. The quantitative estimate of drug-likeness (QED) is 0.192. The standard InChI is InChI=1S/C34H36N4O5S2/c1-2-28(35(23-25-12-5-3-6-13-25)24-26-14-7-4-8-15-26)31-22-27(19-20-36(31)34(40)41)37-29-16-9-10-17-30(29)38(33(37)39)45(42,43)32-18-11-21-44-32/h3-18,21,27-28,31H,2,19-20,22-24H2,1H3,(H,40,41). The third-order valence-corrected chi connectivity index (χ3v) is 11.8. The van der Waals surface area contributed by atoms with Crippen molar-refractivity contribution < 1.29 is 18.3 Å². The van der Waals surface area contributed by atoms with Gasteiger partial charge in [-0.3, -0.25) is 9.47 Å². The lowest BCUT2D eigenvalue weighted by Crippen LogP contribution is -2.56. The van der Waals surface area contributed by atoms with Gasteiger partial charge in [0.2, 0.25) is 0 Å². The van der Waals surface area contributed by atoms with Crippen molar-refractivity contribution in [1.29, 1.82) is 0 Å². The maximum absolute atomic E-state index is 14.1. The third-order valence-electron chi connectivity index (χ3n) is 8.75. The Bertz CT molecular complexity index is 1880. The predicted octanol–water partition coefficient (Wildman–Crippen LogP) is 6.27. The number of carbonyl (C=O) groups is 1. The van der Waals surface area contributed by atoms with E-state index < -0.39 is 33.9 Å². The molecule has 0 aliphatic carbocycles. The van der Waals surface area contributed by atoms with E-state index in [4.69, 9.17) is 0 Å². The van der Waals surface area contributed by atoms with Gasteiger partial charge in [-0.1, -0.05) is 85.8 Å². The van der Waals surface area contributed by atoms with Crippen LogP contribution in [0.4, 0.5) is 4.79 Å². The number of hydrogen-bond acceptors (Lipinski definition) is 6. The summed E-state index contributed by atoms with van der Waals surface area (Å²) in [7, 11) is -4.12. The highest BCUT2D eigenvalue weighted by Crippen LogP contribution is 2.35. The molecule has 1 amide bonds. The molecule has 1 N–H and O–H groups in total. The lowest BCUT2D eigenvalue weighted by molar-refractivity contribution is 0.0293. The Morgan fingerprint density at radius 1 is 0.911 bits per heavy atom. The highest BCUT2D eigenvalue weighted by Gasteiger charge is 2.40. The second-order valence-electron chi connectivity index (χ2n) is 11.4. The van der Waals surface area contributed by atoms with E-state index in [1.807, 2.05) is 36.4 Å². The second-order valence-corrected chi connectivity index (χ2v) is 14.4. The van der Waals surface area contributed by atoms with Crippen LogP contribution in [0.2, 0.25) is 0 Å². The van der Waals surface area contributed by atoms with Gasteiger partial charge in [0.1, 0.15) is 4.21 Å². The minimum Gasteiger partial charge on any atom is -0.465 e. The van der Waals surface area contributed by atoms with Crippen molar-refractivity contribution in [2.45, 2.75) is 61.6 Å². The first-order valence-corrected chi connectivity index (χ1v) is 17.4. The van der Waals surface area contributed by atoms with Gasteiger partial charge in [0.05, 0.1) is 17.1 Å². The summed E-state index contributed by atoms with van der Waals surface area (Å²) in [6.07, 6.45) is 0.456. The average molecular weight is 645 g/mol. The first-order chi connectivity index (χ1) is 21.8. The molecule has 1 fully saturated rings. The molecule has 45 heavy (non-hydrogen) atoms. The molecule has 0 bridgehead atoms. The molecule has 1 saturated heterocycles. The summed E-state index contributed by atoms with van der Waals surface area (Å²) in [6.45, 7) is 3.56. The fourth-order valence-corrected chi connectivity index (χ4v) is 9.21. The van der Waals surface area contributed by atoms with Crippen molar-refractivity contribution in [3.05, 3.63) is 124 Å². The van der Waals surface area contributed by atoms with Crippen LogP contribution in [0, 0.1) is 0 Å². The van der Waals surface area contributed by atoms with Crippen LogP contribution < -0.4 is 5.69 Å². The summed E-state index contributed by atoms with van der Waals surface area (Å²) in [6, 6.07) is 29.4. The highest BCUT2D eigenvalue weighted by molar-refractivity contribution is 7.92. The zero-order valence-corrected chi connectivity index (χ0v) is 26.6. The average Bonchev–Trinajstić information content (AvgIpc) is 3.69. The Hall–Kier alpha value is -4.19. The lowest BCUT2D eigenvalue weighted by Gasteiger charge is -2.46. The first kappa shape index (κ1) is 30.8. The second kappa shape index (κ2) is 13.0. The van der Waals surface area contributed by atoms with Crippen LogP contribution >= 0.6 is 11.3 Å². The Balaban J connectivity index is 1.41. The largest absolute Gasteiger partial charge is 0.465 e. The Labute approximate surface area is 266 Å². The van der Waals surface area contributed by atoms with Crippen LogP contribution in [0.5, 0.6) is 0 Å². The molecule has 3 atom stereocenters. The number of nitrogens with zero attached hydrogens (tertiary/aromatic N) is 4. The van der Waals surface area contributed by atoms with Gasteiger partial charge in [-0.2, -0.15) is 12.4 Å². The number of thiophene rings is 1. The van der Waals surface area contributed by atoms with E-state index >= 15 is 0 Å². The number of benzene rings is 3. The minimum absolute atomic E-state index is 0.0922. The fraction of sp³-hybridized carbons (Fsp3) is 0.294. The fourth-order valence-electron chi connectivity index (χ4n) is 6.74. The molecular weight excluding hydrogens is 609 g/mol. The number of imidazole rings is 1. The van der Waals surface area contributed by atoms with Crippen LogP contribution in [0.15, 0.2) is 111 Å². The number of carboxylic acid groups (broad SMARTS) is 1. The molecule has 5 aromatic rings. The number of rotatable bonds is 10. The summed E-state index contributed by atoms with van der Waals surface area (Å²) < 4.78 is 30.0. The molecule has 3 heterocycles. The van der Waals surface area contributed by atoms with Gasteiger partial charge in [0.15, 0.2) is 0 Å².